The highest BCUT2D eigenvalue weighted by atomic mass is 19.4. The van der Waals surface area contributed by atoms with Gasteiger partial charge >= 0.3 is 24.3 Å². The molecule has 0 unspecified atom stereocenters. The second-order valence-electron chi connectivity index (χ2n) is 18.7. The van der Waals surface area contributed by atoms with Crippen molar-refractivity contribution in [1.29, 1.82) is 0 Å². The summed E-state index contributed by atoms with van der Waals surface area (Å²) < 4.78 is 69.8. The number of alkyl halides is 6. The van der Waals surface area contributed by atoms with E-state index in [0.717, 1.165) is 4.58 Å². The quantitative estimate of drug-likeness (QED) is 0.0734. The van der Waals surface area contributed by atoms with Crippen molar-refractivity contribution < 1.29 is 130 Å². The van der Waals surface area contributed by atoms with Gasteiger partial charge in [-0.2, -0.15) is 26.3 Å². The molecule has 2 aromatic rings. The second kappa shape index (κ2) is 29.2. The number of aliphatic hydroxyl groups is 7. The van der Waals surface area contributed by atoms with Gasteiger partial charge in [-0.3, -0.25) is 55.9 Å². The first-order chi connectivity index (χ1) is 38.7. The van der Waals surface area contributed by atoms with Crippen molar-refractivity contribution in [2.45, 2.75) is 117 Å². The van der Waals surface area contributed by atoms with Gasteiger partial charge in [0.15, 0.2) is 0 Å². The highest BCUT2D eigenvalue weighted by molar-refractivity contribution is 5.98. The van der Waals surface area contributed by atoms with Crippen LogP contribution in [0, 0.1) is 0 Å². The van der Waals surface area contributed by atoms with Crippen molar-refractivity contribution in [1.82, 2.24) is 42.5 Å². The average molecular weight is 1200 g/mol. The molecule has 4 heterocycles. The van der Waals surface area contributed by atoms with Gasteiger partial charge in [-0.15, -0.1) is 0 Å². The number of nitrogens with one attached hydrogen (secondary N) is 9. The van der Waals surface area contributed by atoms with Crippen molar-refractivity contribution in [3.8, 4) is 5.75 Å². The lowest BCUT2D eigenvalue weighted by atomic mass is 9.92. The molecule has 6 rings (SSSR count). The van der Waals surface area contributed by atoms with Gasteiger partial charge in [-0.25, -0.2) is 4.58 Å². The summed E-state index contributed by atoms with van der Waals surface area (Å²) >= 11 is 0. The number of carboxylic acid groups (broad SMARTS) is 2. The fraction of sp³-hybridized carbons (Fsp3) is 0.522. The van der Waals surface area contributed by atoms with Crippen LogP contribution in [-0.2, 0) is 49.5 Å². The van der Waals surface area contributed by atoms with E-state index in [2.05, 4.69) is 47.5 Å². The SMILES string of the molecule is C[C@@H](c1ccccc1)[C@@H]1NC(=O)CNC(=O)[C@H](CO)NC(=O)[C@@H]([C@@H](O)[C@@H]2CNC(N)=[N+]2[C@H]2O[C@H](CO)[C@@H](O)[C@H](O)[C@@H]2O)NC(=O)[C@H]([C@@H](O)[C@@H]2CNC(N)=[NH+]2)NC(=O)[C@@H](Cc2ccc(O)cc2)NC1=O.O=C([O-])C(F)(F)F.O=C([O-])C(F)(F)F. The van der Waals surface area contributed by atoms with E-state index in [0.29, 0.717) is 11.1 Å². The van der Waals surface area contributed by atoms with Crippen molar-refractivity contribution in [3.05, 3.63) is 65.7 Å². The smallest absolute Gasteiger partial charge is 0.430 e. The summed E-state index contributed by atoms with van der Waals surface area (Å²) in [4.78, 5) is 105. The molecule has 6 amide bonds. The molecule has 21 N–H and O–H groups in total. The van der Waals surface area contributed by atoms with Crippen LogP contribution in [0.2, 0.25) is 0 Å². The summed E-state index contributed by atoms with van der Waals surface area (Å²) in [5.41, 5.74) is 13.1. The topological polar surface area (TPSA) is 519 Å². The van der Waals surface area contributed by atoms with E-state index in [9.17, 15) is 96.0 Å². The van der Waals surface area contributed by atoms with Crippen LogP contribution in [0.1, 0.15) is 24.0 Å². The van der Waals surface area contributed by atoms with Gasteiger partial charge in [0.05, 0.1) is 26.3 Å². The Balaban J connectivity index is 0.000000936. The number of halogens is 6. The molecule has 0 saturated carbocycles. The molecule has 2 saturated heterocycles. The summed E-state index contributed by atoms with van der Waals surface area (Å²) in [5, 5.41) is 124. The summed E-state index contributed by atoms with van der Waals surface area (Å²) in [5.74, 6) is -14.0. The van der Waals surface area contributed by atoms with E-state index >= 15 is 0 Å². The first kappa shape index (κ1) is 67.3. The highest BCUT2D eigenvalue weighted by Crippen LogP contribution is 2.26. The molecule has 0 aliphatic carbocycles. The number of carbonyl (C=O) groups excluding carboxylic acids is 8. The first-order valence-corrected chi connectivity index (χ1v) is 24.4. The first-order valence-electron chi connectivity index (χ1n) is 24.4. The number of ether oxygens (including phenoxy) is 1. The molecule has 83 heavy (non-hydrogen) atoms. The molecule has 4 aliphatic rings. The van der Waals surface area contributed by atoms with E-state index in [4.69, 9.17) is 36.0 Å². The summed E-state index contributed by atoms with van der Waals surface area (Å²) in [6, 6.07) is 2.30. The van der Waals surface area contributed by atoms with Crippen LogP contribution in [0.4, 0.5) is 26.3 Å². The third kappa shape index (κ3) is 18.1. The molecule has 2 fully saturated rings. The van der Waals surface area contributed by atoms with Gasteiger partial charge in [0.1, 0.15) is 103 Å². The van der Waals surface area contributed by atoms with E-state index < -0.39 is 171 Å². The molecular weight excluding hydrogens is 1140 g/mol. The number of guanidine groups is 2. The van der Waals surface area contributed by atoms with Crippen molar-refractivity contribution in [2.75, 3.05) is 32.8 Å². The Morgan fingerprint density at radius 1 is 0.687 bits per heavy atom. The molecule has 15 atom stereocenters. The fourth-order valence-electron chi connectivity index (χ4n) is 8.47. The Hall–Kier alpha value is -8.20. The van der Waals surface area contributed by atoms with E-state index in [1.807, 2.05) is 0 Å². The molecule has 2 aromatic carbocycles. The maximum absolute atomic E-state index is 14.7. The van der Waals surface area contributed by atoms with Gasteiger partial charge in [-0.1, -0.05) is 49.4 Å². The number of nitrogens with zero attached hydrogens (tertiary/aromatic N) is 1. The maximum Gasteiger partial charge on any atom is 0.430 e. The number of phenolic OH excluding ortho intramolecular Hbond substituents is 1. The Kier molecular flexibility index (Phi) is 23.7. The minimum absolute atomic E-state index is 0.0130. The van der Waals surface area contributed by atoms with E-state index in [-0.39, 0.29) is 37.2 Å². The third-order valence-corrected chi connectivity index (χ3v) is 12.9. The molecule has 37 heteroatoms. The van der Waals surface area contributed by atoms with Crippen LogP contribution in [0.25, 0.3) is 0 Å². The number of aliphatic carboxylic acids is 2. The van der Waals surface area contributed by atoms with Gasteiger partial charge < -0.3 is 97.3 Å². The summed E-state index contributed by atoms with van der Waals surface area (Å²) in [6.45, 7) is -1.60. The number of rotatable bonds is 11. The predicted octanol–water partition coefficient (Wildman–Crippen LogP) is -12.9. The van der Waals surface area contributed by atoms with Gasteiger partial charge in [-0.05, 0) is 23.3 Å². The monoisotopic (exact) mass is 1200 g/mol. The number of carboxylic acids is 2. The van der Waals surface area contributed by atoms with Crippen LogP contribution >= 0.6 is 0 Å². The number of amides is 6. The molecule has 0 bridgehead atoms. The third-order valence-electron chi connectivity index (χ3n) is 12.9. The van der Waals surface area contributed by atoms with Crippen LogP contribution in [0.3, 0.4) is 0 Å². The number of hydrogen-bond acceptors (Lipinski definition) is 23. The highest BCUT2D eigenvalue weighted by Gasteiger charge is 2.53. The van der Waals surface area contributed by atoms with Crippen molar-refractivity contribution in [3.63, 3.8) is 0 Å². The minimum Gasteiger partial charge on any atom is -0.542 e. The normalized spacial score (nSPS) is 28.7. The largest absolute Gasteiger partial charge is 0.542 e. The average Bonchev–Trinajstić information content (AvgIpc) is 4.31. The lowest BCUT2D eigenvalue weighted by Gasteiger charge is -2.41. The molecule has 0 spiro atoms. The molecular formula is C46H60F6N12O19. The Morgan fingerprint density at radius 3 is 1.75 bits per heavy atom. The summed E-state index contributed by atoms with van der Waals surface area (Å²) in [6.07, 6.45) is -23.6. The lowest BCUT2D eigenvalue weighted by molar-refractivity contribution is -0.663. The molecule has 0 aromatic heterocycles. The van der Waals surface area contributed by atoms with E-state index in [1.165, 1.54) is 24.3 Å². The zero-order valence-corrected chi connectivity index (χ0v) is 43.0. The number of aliphatic hydroxyl groups excluding tert-OH is 7. The zero-order valence-electron chi connectivity index (χ0n) is 43.0. The van der Waals surface area contributed by atoms with Gasteiger partial charge in [0.2, 0.25) is 41.7 Å². The number of aromatic hydroxyl groups is 1. The molecule has 4 aliphatic heterocycles. The van der Waals surface area contributed by atoms with Crippen molar-refractivity contribution >= 4 is 59.3 Å². The maximum atomic E-state index is 14.7. The van der Waals surface area contributed by atoms with Crippen molar-refractivity contribution in [2.24, 2.45) is 11.5 Å². The molecule has 460 valence electrons. The Labute approximate surface area is 463 Å². The van der Waals surface area contributed by atoms with Gasteiger partial charge in [0.25, 0.3) is 0 Å². The number of carbonyl (C=O) groups is 8. The zero-order chi connectivity index (χ0) is 62.4. The summed E-state index contributed by atoms with van der Waals surface area (Å²) in [7, 11) is 0. The number of hydrogen-bond donors (Lipinski definition) is 19. The fourth-order valence-corrected chi connectivity index (χ4v) is 8.47. The minimum atomic E-state index is -5.19. The molecule has 31 nitrogen and oxygen atoms in total. The van der Waals surface area contributed by atoms with E-state index in [1.54, 1.807) is 37.3 Å². The number of phenols is 1. The predicted molar refractivity (Wildman–Crippen MR) is 258 cm³/mol. The Bertz CT molecular complexity index is 2670. The van der Waals surface area contributed by atoms with Crippen LogP contribution in [0.15, 0.2) is 54.6 Å². The number of nitrogens with two attached hydrogens (primary N) is 2. The van der Waals surface area contributed by atoms with Crippen LogP contribution < -0.4 is 69.2 Å². The van der Waals surface area contributed by atoms with Crippen LogP contribution in [0.5, 0.6) is 5.75 Å². The standard InChI is InChI=1S/C42H58N12O15.2C2HF3O2/c1-17(19-5-3-2-4-6-19)27-37(66)48-21(11-18-7-9-20(57)10-8-18)36(65)52-28(30(59)22-12-46-41(43)50-22)39(68)53-29(38(67)49-23(15-55)35(64)45-14-26(58)51-27)31(60)24-13-47-42(44)54(24)40-34(63)33(62)32(61)25(16-56)69-40;2*3-2(4,5)1(6)7/h2-10,17,21-25,27-34,40,55-56,59-63H,11-16H2,1H3,(H12,43,44,45,46,47,48,49,50,51,52,53,57,58,64,65,66,67,68);2*(H,6,7)/t17-,21+,22-,23-,24-,25+,27-,28-,29+,30-,31-,32+,33-,34-,40-;;/m0../s1. The Morgan fingerprint density at radius 2 is 1.22 bits per heavy atom. The van der Waals surface area contributed by atoms with Crippen LogP contribution in [-0.4, -0.2) is 235 Å². The lowest BCUT2D eigenvalue weighted by Crippen LogP contribution is -2.84. The number of benzene rings is 2. The second-order valence-corrected chi connectivity index (χ2v) is 18.7. The van der Waals surface area contributed by atoms with Gasteiger partial charge in [0, 0.05) is 12.3 Å². The molecule has 0 radical (unpaired) electrons.